The van der Waals surface area contributed by atoms with Crippen LogP contribution in [0.4, 0.5) is 10.1 Å². The molecule has 2 rings (SSSR count). The van der Waals surface area contributed by atoms with E-state index in [0.29, 0.717) is 25.2 Å². The van der Waals surface area contributed by atoms with Crippen molar-refractivity contribution in [3.63, 3.8) is 0 Å². The highest BCUT2D eigenvalue weighted by Crippen LogP contribution is 2.27. The van der Waals surface area contributed by atoms with Crippen LogP contribution in [0.5, 0.6) is 5.75 Å². The van der Waals surface area contributed by atoms with E-state index < -0.39 is 0 Å². The Hall–Kier alpha value is -2.07. The lowest BCUT2D eigenvalue weighted by molar-refractivity contribution is 0.409. The van der Waals surface area contributed by atoms with Gasteiger partial charge < -0.3 is 15.4 Å². The van der Waals surface area contributed by atoms with Gasteiger partial charge in [0.05, 0.1) is 12.8 Å². The normalized spacial score (nSPS) is 10.5. The molecule has 3 nitrogen and oxygen atoms in total. The molecule has 0 saturated carbocycles. The van der Waals surface area contributed by atoms with Gasteiger partial charge in [0.25, 0.3) is 0 Å². The lowest BCUT2D eigenvalue weighted by atomic mass is 10.1. The number of halogens is 1. The van der Waals surface area contributed by atoms with Crippen molar-refractivity contribution >= 4 is 5.69 Å². The molecule has 0 aliphatic carbocycles. The topological polar surface area (TPSA) is 38.5 Å². The van der Waals surface area contributed by atoms with E-state index >= 15 is 0 Å². The monoisotopic (exact) mass is 288 g/mol. The van der Waals surface area contributed by atoms with Crippen LogP contribution in [0.2, 0.25) is 0 Å². The van der Waals surface area contributed by atoms with Crippen LogP contribution in [0.15, 0.2) is 42.5 Å². The zero-order valence-electron chi connectivity index (χ0n) is 12.5. The third kappa shape index (κ3) is 3.52. The van der Waals surface area contributed by atoms with E-state index in [2.05, 4.69) is 0 Å². The summed E-state index contributed by atoms with van der Waals surface area (Å²) in [5.74, 6) is 0.583. The average Bonchev–Trinajstić information content (AvgIpc) is 2.48. The SMILES string of the molecule is COc1ccccc1CN(C)c1c(F)cccc1CCN. The summed E-state index contributed by atoms with van der Waals surface area (Å²) in [4.78, 5) is 1.90. The first-order valence-electron chi connectivity index (χ1n) is 6.98. The van der Waals surface area contributed by atoms with E-state index in [9.17, 15) is 4.39 Å². The highest BCUT2D eigenvalue weighted by molar-refractivity contribution is 5.55. The average molecular weight is 288 g/mol. The number of ether oxygens (including phenoxy) is 1. The third-order valence-electron chi connectivity index (χ3n) is 3.47. The second kappa shape index (κ2) is 7.09. The lowest BCUT2D eigenvalue weighted by Gasteiger charge is -2.24. The molecule has 4 heteroatoms. The molecule has 0 bridgehead atoms. The van der Waals surface area contributed by atoms with Gasteiger partial charge in [-0.1, -0.05) is 30.3 Å². The minimum absolute atomic E-state index is 0.224. The maximum atomic E-state index is 14.2. The zero-order valence-corrected chi connectivity index (χ0v) is 12.5. The Morgan fingerprint density at radius 2 is 1.81 bits per heavy atom. The Kier molecular flexibility index (Phi) is 5.17. The van der Waals surface area contributed by atoms with Gasteiger partial charge in [0.1, 0.15) is 11.6 Å². The molecule has 0 unspecified atom stereocenters. The number of hydrogen-bond acceptors (Lipinski definition) is 3. The molecular weight excluding hydrogens is 267 g/mol. The Morgan fingerprint density at radius 3 is 2.52 bits per heavy atom. The predicted octanol–water partition coefficient (Wildman–Crippen LogP) is 2.97. The number of benzene rings is 2. The van der Waals surface area contributed by atoms with Gasteiger partial charge in [-0.3, -0.25) is 0 Å². The number of rotatable bonds is 6. The third-order valence-corrected chi connectivity index (χ3v) is 3.47. The zero-order chi connectivity index (χ0) is 15.2. The lowest BCUT2D eigenvalue weighted by Crippen LogP contribution is -2.20. The fourth-order valence-electron chi connectivity index (χ4n) is 2.51. The van der Waals surface area contributed by atoms with Crippen LogP contribution in [0, 0.1) is 5.82 Å². The van der Waals surface area contributed by atoms with Crippen LogP contribution < -0.4 is 15.4 Å². The van der Waals surface area contributed by atoms with E-state index in [1.165, 1.54) is 6.07 Å². The van der Waals surface area contributed by atoms with Crippen molar-refractivity contribution in [1.29, 1.82) is 0 Å². The molecule has 0 radical (unpaired) electrons. The number of anilines is 1. The molecule has 0 heterocycles. The second-order valence-electron chi connectivity index (χ2n) is 4.95. The number of para-hydroxylation sites is 2. The molecule has 0 atom stereocenters. The molecule has 0 amide bonds. The van der Waals surface area contributed by atoms with Crippen LogP contribution in [-0.4, -0.2) is 20.7 Å². The Morgan fingerprint density at radius 1 is 1.10 bits per heavy atom. The standard InChI is InChI=1S/C17H21FN2O/c1-20(12-14-6-3-4-9-16(14)21-2)17-13(10-11-19)7-5-8-15(17)18/h3-9H,10-12,19H2,1-2H3. The van der Waals surface area contributed by atoms with Gasteiger partial charge in [0.15, 0.2) is 0 Å². The van der Waals surface area contributed by atoms with Gasteiger partial charge in [-0.25, -0.2) is 4.39 Å². The van der Waals surface area contributed by atoms with Crippen molar-refractivity contribution in [2.75, 3.05) is 25.6 Å². The van der Waals surface area contributed by atoms with Crippen LogP contribution in [0.1, 0.15) is 11.1 Å². The molecule has 0 aliphatic heterocycles. The molecule has 2 N–H and O–H groups in total. The molecule has 2 aromatic carbocycles. The highest BCUT2D eigenvalue weighted by Gasteiger charge is 2.14. The molecule has 0 aromatic heterocycles. The minimum atomic E-state index is -0.224. The van der Waals surface area contributed by atoms with Crippen molar-refractivity contribution in [2.24, 2.45) is 5.73 Å². The molecule has 0 saturated heterocycles. The van der Waals surface area contributed by atoms with Gasteiger partial charge in [-0.05, 0) is 30.7 Å². The summed E-state index contributed by atoms with van der Waals surface area (Å²) in [5.41, 5.74) is 8.17. The summed E-state index contributed by atoms with van der Waals surface area (Å²) >= 11 is 0. The summed E-state index contributed by atoms with van der Waals surface area (Å²) in [6, 6.07) is 12.9. The number of nitrogens with zero attached hydrogens (tertiary/aromatic N) is 1. The molecule has 0 spiro atoms. The van der Waals surface area contributed by atoms with Crippen molar-refractivity contribution in [3.8, 4) is 5.75 Å². The first-order valence-corrected chi connectivity index (χ1v) is 6.98. The largest absolute Gasteiger partial charge is 0.496 e. The van der Waals surface area contributed by atoms with E-state index in [-0.39, 0.29) is 5.82 Å². The molecule has 0 aliphatic rings. The van der Waals surface area contributed by atoms with Crippen molar-refractivity contribution in [1.82, 2.24) is 0 Å². The van der Waals surface area contributed by atoms with Crippen LogP contribution in [-0.2, 0) is 13.0 Å². The van der Waals surface area contributed by atoms with Crippen LogP contribution in [0.3, 0.4) is 0 Å². The minimum Gasteiger partial charge on any atom is -0.496 e. The van der Waals surface area contributed by atoms with E-state index in [4.69, 9.17) is 10.5 Å². The first kappa shape index (κ1) is 15.3. The van der Waals surface area contributed by atoms with Gasteiger partial charge in [0.2, 0.25) is 0 Å². The van der Waals surface area contributed by atoms with E-state index in [0.717, 1.165) is 16.9 Å². The maximum Gasteiger partial charge on any atom is 0.146 e. The van der Waals surface area contributed by atoms with Gasteiger partial charge in [-0.15, -0.1) is 0 Å². The summed E-state index contributed by atoms with van der Waals surface area (Å²) in [5, 5.41) is 0. The maximum absolute atomic E-state index is 14.2. The van der Waals surface area contributed by atoms with Gasteiger partial charge >= 0.3 is 0 Å². The summed E-state index contributed by atoms with van der Waals surface area (Å²) in [7, 11) is 3.52. The summed E-state index contributed by atoms with van der Waals surface area (Å²) < 4.78 is 19.5. The van der Waals surface area contributed by atoms with Gasteiger partial charge in [0, 0.05) is 19.2 Å². The van der Waals surface area contributed by atoms with Crippen molar-refractivity contribution in [3.05, 3.63) is 59.4 Å². The predicted molar refractivity (Wildman–Crippen MR) is 84.3 cm³/mol. The van der Waals surface area contributed by atoms with Crippen molar-refractivity contribution in [2.45, 2.75) is 13.0 Å². The van der Waals surface area contributed by atoms with Crippen LogP contribution in [0.25, 0.3) is 0 Å². The Bertz CT molecular complexity index is 601. The van der Waals surface area contributed by atoms with E-state index in [1.807, 2.05) is 42.3 Å². The first-order chi connectivity index (χ1) is 10.2. The van der Waals surface area contributed by atoms with E-state index in [1.54, 1.807) is 13.2 Å². The Labute approximate surface area is 125 Å². The molecule has 21 heavy (non-hydrogen) atoms. The number of nitrogens with two attached hydrogens (primary N) is 1. The summed E-state index contributed by atoms with van der Waals surface area (Å²) in [6.45, 7) is 1.07. The van der Waals surface area contributed by atoms with Gasteiger partial charge in [-0.2, -0.15) is 0 Å². The highest BCUT2D eigenvalue weighted by atomic mass is 19.1. The quantitative estimate of drug-likeness (QED) is 0.888. The second-order valence-corrected chi connectivity index (χ2v) is 4.95. The molecule has 2 aromatic rings. The number of hydrogen-bond donors (Lipinski definition) is 1. The van der Waals surface area contributed by atoms with Crippen LogP contribution >= 0.6 is 0 Å². The smallest absolute Gasteiger partial charge is 0.146 e. The Balaban J connectivity index is 2.30. The number of methoxy groups -OCH3 is 1. The van der Waals surface area contributed by atoms with Crippen molar-refractivity contribution < 1.29 is 9.13 Å². The fourth-order valence-corrected chi connectivity index (χ4v) is 2.51. The molecular formula is C17H21FN2O. The molecule has 112 valence electrons. The fraction of sp³-hybridized carbons (Fsp3) is 0.294. The summed E-state index contributed by atoms with van der Waals surface area (Å²) in [6.07, 6.45) is 0.656. The molecule has 0 fully saturated rings.